The van der Waals surface area contributed by atoms with Crippen molar-refractivity contribution in [2.24, 2.45) is 41.4 Å². The number of hydrogen-bond donors (Lipinski definition) is 2. The first-order valence-electron chi connectivity index (χ1n) is 11.3. The van der Waals surface area contributed by atoms with Gasteiger partial charge in [-0.25, -0.2) is 0 Å². The largest absolute Gasteiger partial charge is 0.381 e. The van der Waals surface area contributed by atoms with Crippen LogP contribution >= 0.6 is 0 Å². The third-order valence-electron chi connectivity index (χ3n) is 8.17. The molecule has 0 spiro atoms. The second-order valence-corrected chi connectivity index (χ2v) is 10.3. The molecule has 0 aromatic carbocycles. The van der Waals surface area contributed by atoms with E-state index in [1.54, 1.807) is 0 Å². The van der Waals surface area contributed by atoms with Crippen LogP contribution in [0.25, 0.3) is 0 Å². The van der Waals surface area contributed by atoms with Gasteiger partial charge in [0.05, 0.1) is 12.2 Å². The van der Waals surface area contributed by atoms with E-state index < -0.39 is 0 Å². The summed E-state index contributed by atoms with van der Waals surface area (Å²) in [5.41, 5.74) is 0. The number of aliphatic hydroxyl groups excluding tert-OH is 1. The van der Waals surface area contributed by atoms with Crippen molar-refractivity contribution in [1.82, 2.24) is 5.32 Å². The topological polar surface area (TPSA) is 50.7 Å². The predicted molar refractivity (Wildman–Crippen MR) is 109 cm³/mol. The van der Waals surface area contributed by atoms with Crippen molar-refractivity contribution in [3.8, 4) is 0 Å². The summed E-state index contributed by atoms with van der Waals surface area (Å²) in [6.45, 7) is 9.41. The highest BCUT2D eigenvalue weighted by atomic mass is 16.5. The Hall–Kier alpha value is -0.160. The first-order valence-corrected chi connectivity index (χ1v) is 11.3. The van der Waals surface area contributed by atoms with Gasteiger partial charge in [-0.3, -0.25) is 5.32 Å². The number of rotatable bonds is 6. The smallest absolute Gasteiger partial charge is 0.108 e. The lowest BCUT2D eigenvalue weighted by Gasteiger charge is -2.46. The molecular formula is C23H43NO3. The maximum atomic E-state index is 10.8. The average molecular weight is 382 g/mol. The second kappa shape index (κ2) is 9.11. The Labute approximate surface area is 166 Å². The van der Waals surface area contributed by atoms with Crippen molar-refractivity contribution in [3.63, 3.8) is 0 Å². The quantitative estimate of drug-likeness (QED) is 0.728. The van der Waals surface area contributed by atoms with Crippen molar-refractivity contribution in [1.29, 1.82) is 0 Å². The molecule has 1 saturated heterocycles. The monoisotopic (exact) mass is 381 g/mol. The predicted octanol–water partition coefficient (Wildman–Crippen LogP) is 4.07. The van der Waals surface area contributed by atoms with Crippen molar-refractivity contribution in [2.75, 3.05) is 14.2 Å². The van der Waals surface area contributed by atoms with E-state index in [4.69, 9.17) is 9.47 Å². The molecule has 4 heteroatoms. The van der Waals surface area contributed by atoms with Crippen LogP contribution in [0, 0.1) is 41.4 Å². The zero-order valence-electron chi connectivity index (χ0n) is 18.4. The van der Waals surface area contributed by atoms with E-state index in [1.165, 1.54) is 19.3 Å². The summed E-state index contributed by atoms with van der Waals surface area (Å²) in [5.74, 6) is 4.28. The Morgan fingerprint density at radius 2 is 1.56 bits per heavy atom. The highest BCUT2D eigenvalue weighted by molar-refractivity contribution is 4.99. The number of fused-ring (bicyclic) bond motifs is 1. The van der Waals surface area contributed by atoms with Gasteiger partial charge in [-0.05, 0) is 74.0 Å². The number of hydrogen-bond acceptors (Lipinski definition) is 4. The number of methoxy groups -OCH3 is 2. The van der Waals surface area contributed by atoms with Gasteiger partial charge >= 0.3 is 0 Å². The summed E-state index contributed by atoms with van der Waals surface area (Å²) in [7, 11) is 3.72. The van der Waals surface area contributed by atoms with E-state index in [1.807, 2.05) is 14.2 Å². The molecule has 6 unspecified atom stereocenters. The Balaban J connectivity index is 1.69. The Bertz CT molecular complexity index is 451. The van der Waals surface area contributed by atoms with E-state index in [0.717, 1.165) is 19.3 Å². The maximum absolute atomic E-state index is 10.8. The summed E-state index contributed by atoms with van der Waals surface area (Å²) >= 11 is 0. The average Bonchev–Trinajstić information content (AvgIpc) is 2.95. The van der Waals surface area contributed by atoms with Crippen LogP contribution in [0.1, 0.15) is 66.2 Å². The summed E-state index contributed by atoms with van der Waals surface area (Å²) in [4.78, 5) is 0. The summed E-state index contributed by atoms with van der Waals surface area (Å²) in [5, 5.41) is 14.3. The lowest BCUT2D eigenvalue weighted by atomic mass is 9.63. The van der Waals surface area contributed by atoms with Crippen LogP contribution in [-0.2, 0) is 9.47 Å². The Morgan fingerprint density at radius 3 is 2.07 bits per heavy atom. The fourth-order valence-corrected chi connectivity index (χ4v) is 6.64. The molecule has 0 amide bonds. The molecule has 1 heterocycles. The van der Waals surface area contributed by atoms with E-state index in [2.05, 4.69) is 33.0 Å². The van der Waals surface area contributed by atoms with E-state index in [0.29, 0.717) is 59.7 Å². The normalized spacial score (nSPS) is 45.4. The molecule has 0 bridgehead atoms. The standard InChI is InChI=1S/C23H43NO3/c1-13(2)18-9-15(10-19(14(3)4)22(18)27-6)11-20-17-8-7-16(26-5)12-21(17)24-23(20)25/h13-25H,7-12H2,1-6H3/t15?,16?,17?,18?,19?,20-,21?,22?,23?/m1/s1. The molecule has 2 N–H and O–H groups in total. The van der Waals surface area contributed by atoms with Gasteiger partial charge in [0.15, 0.2) is 0 Å². The van der Waals surface area contributed by atoms with Gasteiger partial charge in [0.1, 0.15) is 6.23 Å². The molecule has 1 aliphatic heterocycles. The highest BCUT2D eigenvalue weighted by Gasteiger charge is 2.47. The summed E-state index contributed by atoms with van der Waals surface area (Å²) < 4.78 is 11.6. The van der Waals surface area contributed by atoms with Crippen molar-refractivity contribution in [2.45, 2.75) is 90.7 Å². The third-order valence-corrected chi connectivity index (χ3v) is 8.17. The SMILES string of the molecule is COC1CCC2C(C1)NC(O)[C@@H]2CC1CC(C(C)C)C(OC)C(C(C)C)C1. The Kier molecular flexibility index (Phi) is 7.27. The van der Waals surface area contributed by atoms with E-state index in [9.17, 15) is 5.11 Å². The van der Waals surface area contributed by atoms with Crippen molar-refractivity contribution in [3.05, 3.63) is 0 Å². The van der Waals surface area contributed by atoms with Gasteiger partial charge in [-0.1, -0.05) is 27.7 Å². The van der Waals surface area contributed by atoms with Crippen LogP contribution in [0.2, 0.25) is 0 Å². The minimum atomic E-state index is -0.342. The maximum Gasteiger partial charge on any atom is 0.108 e. The van der Waals surface area contributed by atoms with Crippen LogP contribution in [0.5, 0.6) is 0 Å². The van der Waals surface area contributed by atoms with Gasteiger partial charge in [-0.2, -0.15) is 0 Å². The fourth-order valence-electron chi connectivity index (χ4n) is 6.64. The van der Waals surface area contributed by atoms with Gasteiger partial charge in [-0.15, -0.1) is 0 Å². The lowest BCUT2D eigenvalue weighted by molar-refractivity contribution is -0.0727. The molecule has 2 saturated carbocycles. The van der Waals surface area contributed by atoms with Gasteiger partial charge < -0.3 is 14.6 Å². The zero-order valence-corrected chi connectivity index (χ0v) is 18.4. The molecule has 0 aromatic rings. The van der Waals surface area contributed by atoms with Gasteiger partial charge in [0.25, 0.3) is 0 Å². The molecule has 3 aliphatic rings. The molecule has 0 aromatic heterocycles. The van der Waals surface area contributed by atoms with Gasteiger partial charge in [0.2, 0.25) is 0 Å². The molecule has 3 fully saturated rings. The van der Waals surface area contributed by atoms with Crippen LogP contribution in [-0.4, -0.2) is 43.8 Å². The van der Waals surface area contributed by atoms with Crippen LogP contribution in [0.15, 0.2) is 0 Å². The summed E-state index contributed by atoms with van der Waals surface area (Å²) in [6, 6.07) is 0.431. The lowest BCUT2D eigenvalue weighted by Crippen LogP contribution is -2.44. The third kappa shape index (κ3) is 4.55. The number of ether oxygens (including phenoxy) is 2. The first-order chi connectivity index (χ1) is 12.8. The highest BCUT2D eigenvalue weighted by Crippen LogP contribution is 2.47. The minimum absolute atomic E-state index is 0.342. The van der Waals surface area contributed by atoms with Crippen molar-refractivity contribution >= 4 is 0 Å². The van der Waals surface area contributed by atoms with Gasteiger partial charge in [0, 0.05) is 26.2 Å². The molecule has 158 valence electrons. The minimum Gasteiger partial charge on any atom is -0.381 e. The number of aliphatic hydroxyl groups is 1. The van der Waals surface area contributed by atoms with Crippen LogP contribution in [0.4, 0.5) is 0 Å². The number of nitrogens with one attached hydrogen (secondary N) is 1. The molecule has 7 atom stereocenters. The first kappa shape index (κ1) is 21.5. The van der Waals surface area contributed by atoms with E-state index >= 15 is 0 Å². The van der Waals surface area contributed by atoms with Crippen molar-refractivity contribution < 1.29 is 14.6 Å². The molecular weight excluding hydrogens is 338 g/mol. The van der Waals surface area contributed by atoms with Crippen LogP contribution < -0.4 is 5.32 Å². The molecule has 3 rings (SSSR count). The molecule has 27 heavy (non-hydrogen) atoms. The Morgan fingerprint density at radius 1 is 0.926 bits per heavy atom. The molecule has 2 aliphatic carbocycles. The zero-order chi connectivity index (χ0) is 19.7. The molecule has 4 nitrogen and oxygen atoms in total. The van der Waals surface area contributed by atoms with Crippen LogP contribution in [0.3, 0.4) is 0 Å². The second-order valence-electron chi connectivity index (χ2n) is 10.3. The molecule has 0 radical (unpaired) electrons. The summed E-state index contributed by atoms with van der Waals surface area (Å²) in [6.07, 6.45) is 7.45. The van der Waals surface area contributed by atoms with E-state index in [-0.39, 0.29) is 6.23 Å². The fraction of sp³-hybridized carbons (Fsp3) is 1.00.